The van der Waals surface area contributed by atoms with Crippen LogP contribution in [-0.4, -0.2) is 50.5 Å². The summed E-state index contributed by atoms with van der Waals surface area (Å²) >= 11 is 2.56. The number of primary sulfonamides is 1. The Kier molecular flexibility index (Phi) is 7.03. The van der Waals surface area contributed by atoms with Gasteiger partial charge in [-0.05, 0) is 53.4 Å². The maximum Gasteiger partial charge on any atom is 0.262 e. The van der Waals surface area contributed by atoms with E-state index < -0.39 is 21.6 Å². The van der Waals surface area contributed by atoms with E-state index in [-0.39, 0.29) is 38.6 Å². The van der Waals surface area contributed by atoms with Crippen LogP contribution in [0.4, 0.5) is 4.39 Å². The number of hydrazone groups is 1. The molecule has 0 saturated carbocycles. The maximum absolute atomic E-state index is 13.6. The van der Waals surface area contributed by atoms with Gasteiger partial charge in [0.2, 0.25) is 10.0 Å². The van der Waals surface area contributed by atoms with E-state index in [1.54, 1.807) is 12.1 Å². The van der Waals surface area contributed by atoms with Crippen LogP contribution in [-0.2, 0) is 14.8 Å². The first-order chi connectivity index (χ1) is 19.7. The number of nitrogens with zero attached hydrogens (tertiary/aromatic N) is 5. The number of amides is 1. The SMILES string of the molecule is NS(=O)(=O)c1ccc(-n2ncc3c(=O)[nH]c(SCC(=O)N4N=C(c5cccs5)C[C@@H]4c4ccc(F)cc4)nc32)cc1. The summed E-state index contributed by atoms with van der Waals surface area (Å²) in [5.74, 6) is -0.764. The lowest BCUT2D eigenvalue weighted by atomic mass is 10.0. The van der Waals surface area contributed by atoms with E-state index in [4.69, 9.17) is 5.14 Å². The molecule has 0 saturated heterocycles. The van der Waals surface area contributed by atoms with E-state index in [0.717, 1.165) is 27.9 Å². The van der Waals surface area contributed by atoms with Crippen molar-refractivity contribution in [3.63, 3.8) is 0 Å². The van der Waals surface area contributed by atoms with Gasteiger partial charge in [0, 0.05) is 6.42 Å². The van der Waals surface area contributed by atoms with Crippen molar-refractivity contribution in [1.29, 1.82) is 0 Å². The molecule has 0 spiro atoms. The first-order valence-electron chi connectivity index (χ1n) is 12.1. The average molecular weight is 610 g/mol. The van der Waals surface area contributed by atoms with Crippen molar-refractivity contribution in [2.75, 3.05) is 5.75 Å². The van der Waals surface area contributed by atoms with Crippen LogP contribution in [0.5, 0.6) is 0 Å². The molecule has 2 aromatic carbocycles. The average Bonchev–Trinajstić information content (AvgIpc) is 3.72. The lowest BCUT2D eigenvalue weighted by molar-refractivity contribution is -0.130. The Labute approximate surface area is 240 Å². The zero-order valence-corrected chi connectivity index (χ0v) is 23.4. The molecular formula is C26H20FN7O4S3. The van der Waals surface area contributed by atoms with E-state index in [2.05, 4.69) is 20.2 Å². The number of thioether (sulfide) groups is 1. The molecular weight excluding hydrogens is 590 g/mol. The van der Waals surface area contributed by atoms with Crippen molar-refractivity contribution >= 4 is 55.8 Å². The van der Waals surface area contributed by atoms with Crippen LogP contribution in [0.3, 0.4) is 0 Å². The zero-order chi connectivity index (χ0) is 28.7. The number of carbonyl (C=O) groups is 1. The predicted octanol–water partition coefficient (Wildman–Crippen LogP) is 3.43. The van der Waals surface area contributed by atoms with Gasteiger partial charge in [-0.1, -0.05) is 30.0 Å². The van der Waals surface area contributed by atoms with E-state index in [1.807, 2.05) is 17.5 Å². The van der Waals surface area contributed by atoms with Gasteiger partial charge in [-0.15, -0.1) is 11.3 Å². The van der Waals surface area contributed by atoms with E-state index in [9.17, 15) is 22.4 Å². The fourth-order valence-electron chi connectivity index (χ4n) is 4.41. The van der Waals surface area contributed by atoms with Gasteiger partial charge in [0.25, 0.3) is 11.5 Å². The number of aromatic amines is 1. The van der Waals surface area contributed by atoms with Gasteiger partial charge in [0.05, 0.1) is 39.2 Å². The first kappa shape index (κ1) is 27.0. The summed E-state index contributed by atoms with van der Waals surface area (Å²) in [5, 5.41) is 17.8. The van der Waals surface area contributed by atoms with Gasteiger partial charge >= 0.3 is 0 Å². The predicted molar refractivity (Wildman–Crippen MR) is 153 cm³/mol. The Hall–Kier alpha value is -4.18. The molecule has 1 aliphatic heterocycles. The minimum absolute atomic E-state index is 0.0657. The second-order valence-electron chi connectivity index (χ2n) is 9.03. The summed E-state index contributed by atoms with van der Waals surface area (Å²) in [4.78, 5) is 34.2. The standard InChI is InChI=1S/C26H20FN7O4S3/c27-16-5-3-15(4-6-16)21-12-20(22-2-1-11-39-22)32-34(21)23(35)14-40-26-30-24-19(25(36)31-26)13-29-33(24)17-7-9-18(10-8-17)41(28,37)38/h1-11,13,21H,12,14H2,(H2,28,37,38)(H,30,31,36)/t21-/m1/s1. The number of hydrogen-bond acceptors (Lipinski definition) is 9. The minimum Gasteiger partial charge on any atom is -0.301 e. The molecule has 15 heteroatoms. The monoisotopic (exact) mass is 609 g/mol. The van der Waals surface area contributed by atoms with Gasteiger partial charge in [-0.25, -0.2) is 32.6 Å². The molecule has 0 unspecified atom stereocenters. The van der Waals surface area contributed by atoms with Crippen LogP contribution >= 0.6 is 23.1 Å². The van der Waals surface area contributed by atoms with Crippen LogP contribution in [0.1, 0.15) is 22.9 Å². The van der Waals surface area contributed by atoms with Crippen LogP contribution in [0.2, 0.25) is 0 Å². The number of halogens is 1. The molecule has 6 rings (SSSR count). The lowest BCUT2D eigenvalue weighted by Gasteiger charge is -2.21. The summed E-state index contributed by atoms with van der Waals surface area (Å²) in [6, 6.07) is 15.1. The van der Waals surface area contributed by atoms with Gasteiger partial charge < -0.3 is 4.98 Å². The van der Waals surface area contributed by atoms with Crippen molar-refractivity contribution in [2.24, 2.45) is 10.2 Å². The van der Waals surface area contributed by atoms with Crippen molar-refractivity contribution in [2.45, 2.75) is 22.5 Å². The third-order valence-electron chi connectivity index (χ3n) is 6.38. The van der Waals surface area contributed by atoms with Crippen molar-refractivity contribution in [3.8, 4) is 5.69 Å². The molecule has 41 heavy (non-hydrogen) atoms. The highest BCUT2D eigenvalue weighted by molar-refractivity contribution is 7.99. The number of hydrogen-bond donors (Lipinski definition) is 2. The van der Waals surface area contributed by atoms with Crippen molar-refractivity contribution in [1.82, 2.24) is 24.8 Å². The molecule has 1 atom stereocenters. The molecule has 208 valence electrons. The molecule has 0 radical (unpaired) electrons. The third kappa shape index (κ3) is 5.44. The normalized spacial score (nSPS) is 15.4. The van der Waals surface area contributed by atoms with E-state index in [1.165, 1.54) is 63.6 Å². The quantitative estimate of drug-likeness (QED) is 0.211. The van der Waals surface area contributed by atoms with Gasteiger partial charge in [0.15, 0.2) is 10.8 Å². The van der Waals surface area contributed by atoms with E-state index >= 15 is 0 Å². The van der Waals surface area contributed by atoms with Crippen LogP contribution in [0, 0.1) is 5.82 Å². The molecule has 0 aliphatic carbocycles. The zero-order valence-electron chi connectivity index (χ0n) is 21.0. The molecule has 3 N–H and O–H groups in total. The number of sulfonamides is 1. The Balaban J connectivity index is 1.26. The Morgan fingerprint density at radius 3 is 2.59 bits per heavy atom. The molecule has 1 amide bonds. The number of rotatable bonds is 7. The molecule has 3 aromatic heterocycles. The fourth-order valence-corrected chi connectivity index (χ4v) is 6.35. The molecule has 11 nitrogen and oxygen atoms in total. The number of fused-ring (bicyclic) bond motifs is 1. The first-order valence-corrected chi connectivity index (χ1v) is 15.5. The summed E-state index contributed by atoms with van der Waals surface area (Å²) in [7, 11) is -3.87. The Bertz CT molecular complexity index is 1950. The number of carbonyl (C=O) groups excluding carboxylic acids is 1. The van der Waals surface area contributed by atoms with Crippen molar-refractivity contribution in [3.05, 3.63) is 98.9 Å². The van der Waals surface area contributed by atoms with Crippen LogP contribution < -0.4 is 10.7 Å². The largest absolute Gasteiger partial charge is 0.301 e. The number of H-pyrrole nitrogens is 1. The highest BCUT2D eigenvalue weighted by atomic mass is 32.2. The Morgan fingerprint density at radius 2 is 1.90 bits per heavy atom. The number of thiophene rings is 1. The van der Waals surface area contributed by atoms with Gasteiger partial charge in [0.1, 0.15) is 11.2 Å². The second kappa shape index (κ2) is 10.7. The molecule has 0 fully saturated rings. The van der Waals surface area contributed by atoms with Crippen LogP contribution in [0.15, 0.2) is 92.2 Å². The highest BCUT2D eigenvalue weighted by Crippen LogP contribution is 2.34. The number of nitrogens with two attached hydrogens (primary N) is 1. The third-order valence-corrected chi connectivity index (χ3v) is 9.09. The van der Waals surface area contributed by atoms with Crippen LogP contribution in [0.25, 0.3) is 16.7 Å². The minimum atomic E-state index is -3.87. The maximum atomic E-state index is 13.6. The summed E-state index contributed by atoms with van der Waals surface area (Å²) in [6.07, 6.45) is 1.83. The van der Waals surface area contributed by atoms with Gasteiger partial charge in [-0.3, -0.25) is 9.59 Å². The number of benzene rings is 2. The topological polar surface area (TPSA) is 156 Å². The summed E-state index contributed by atoms with van der Waals surface area (Å²) in [6.45, 7) is 0. The molecule has 0 bridgehead atoms. The molecule has 5 aromatic rings. The highest BCUT2D eigenvalue weighted by Gasteiger charge is 2.33. The number of nitrogens with one attached hydrogen (secondary N) is 1. The van der Waals surface area contributed by atoms with Gasteiger partial charge in [-0.2, -0.15) is 10.2 Å². The lowest BCUT2D eigenvalue weighted by Crippen LogP contribution is -2.28. The Morgan fingerprint density at radius 1 is 1.15 bits per heavy atom. The molecule has 4 heterocycles. The fraction of sp³-hybridized carbons (Fsp3) is 0.115. The molecule has 1 aliphatic rings. The summed E-state index contributed by atoms with van der Waals surface area (Å²) < 4.78 is 38.1. The number of aromatic nitrogens is 4. The summed E-state index contributed by atoms with van der Waals surface area (Å²) in [5.41, 5.74) is 1.77. The second-order valence-corrected chi connectivity index (χ2v) is 12.5. The smallest absolute Gasteiger partial charge is 0.262 e. The van der Waals surface area contributed by atoms with E-state index in [0.29, 0.717) is 12.1 Å². The van der Waals surface area contributed by atoms with Crippen molar-refractivity contribution < 1.29 is 17.6 Å².